The average molecular weight is 220 g/mol. The van der Waals surface area contributed by atoms with Crippen LogP contribution in [-0.2, 0) is 0 Å². The molecule has 0 amide bonds. The Hall–Kier alpha value is -1.02. The van der Waals surface area contributed by atoms with E-state index in [4.69, 9.17) is 11.5 Å². The summed E-state index contributed by atoms with van der Waals surface area (Å²) in [5.74, 6) is 1.11. The van der Waals surface area contributed by atoms with Crippen molar-refractivity contribution in [2.75, 3.05) is 5.73 Å². The van der Waals surface area contributed by atoms with Gasteiger partial charge in [-0.05, 0) is 35.4 Å². The van der Waals surface area contributed by atoms with Gasteiger partial charge < -0.3 is 11.5 Å². The van der Waals surface area contributed by atoms with Gasteiger partial charge in [0.2, 0.25) is 0 Å². The fourth-order valence-electron chi connectivity index (χ4n) is 1.91. The van der Waals surface area contributed by atoms with Crippen molar-refractivity contribution in [2.45, 2.75) is 46.1 Å². The Bertz CT molecular complexity index is 343. The molecule has 0 aromatic heterocycles. The third-order valence-corrected chi connectivity index (χ3v) is 2.90. The van der Waals surface area contributed by atoms with Gasteiger partial charge in [-0.15, -0.1) is 0 Å². The van der Waals surface area contributed by atoms with Gasteiger partial charge in [-0.25, -0.2) is 0 Å². The van der Waals surface area contributed by atoms with Crippen LogP contribution < -0.4 is 11.5 Å². The van der Waals surface area contributed by atoms with Gasteiger partial charge in [0.15, 0.2) is 0 Å². The van der Waals surface area contributed by atoms with Crippen LogP contribution in [0.25, 0.3) is 0 Å². The van der Waals surface area contributed by atoms with Crippen molar-refractivity contribution in [3.05, 3.63) is 29.3 Å². The summed E-state index contributed by atoms with van der Waals surface area (Å²) in [7, 11) is 0. The molecule has 1 aromatic carbocycles. The maximum atomic E-state index is 6.19. The normalized spacial score (nSPS) is 13.4. The molecule has 0 fully saturated rings. The van der Waals surface area contributed by atoms with Gasteiger partial charge in [0.1, 0.15) is 0 Å². The smallest absolute Gasteiger partial charge is 0.0362 e. The molecular weight excluding hydrogens is 196 g/mol. The Balaban J connectivity index is 2.97. The van der Waals surface area contributed by atoms with Crippen LogP contribution in [0.1, 0.15) is 57.2 Å². The number of nitrogen functional groups attached to an aromatic ring is 1. The molecule has 90 valence electrons. The van der Waals surface area contributed by atoms with Gasteiger partial charge in [-0.2, -0.15) is 0 Å². The predicted octanol–water partition coefficient (Wildman–Crippen LogP) is 3.44. The molecule has 1 aromatic rings. The molecule has 0 aliphatic rings. The largest absolute Gasteiger partial charge is 0.398 e. The molecule has 0 heterocycles. The monoisotopic (exact) mass is 220 g/mol. The Kier molecular flexibility index (Phi) is 4.36. The van der Waals surface area contributed by atoms with E-state index in [0.717, 1.165) is 17.7 Å². The second-order valence-corrected chi connectivity index (χ2v) is 5.28. The molecule has 16 heavy (non-hydrogen) atoms. The minimum Gasteiger partial charge on any atom is -0.398 e. The first-order valence-corrected chi connectivity index (χ1v) is 6.06. The zero-order valence-corrected chi connectivity index (χ0v) is 10.8. The quantitative estimate of drug-likeness (QED) is 0.764. The highest BCUT2D eigenvalue weighted by molar-refractivity contribution is 5.50. The van der Waals surface area contributed by atoms with Crippen molar-refractivity contribution in [1.29, 1.82) is 0 Å². The molecular formula is C14H24N2. The summed E-state index contributed by atoms with van der Waals surface area (Å²) in [5.41, 5.74) is 15.4. The van der Waals surface area contributed by atoms with Crippen LogP contribution in [0.5, 0.6) is 0 Å². The predicted molar refractivity (Wildman–Crippen MR) is 71.3 cm³/mol. The number of hydrogen-bond acceptors (Lipinski definition) is 2. The summed E-state index contributed by atoms with van der Waals surface area (Å²) in [6.07, 6.45) is 0.978. The highest BCUT2D eigenvalue weighted by Crippen LogP contribution is 2.27. The van der Waals surface area contributed by atoms with Crippen molar-refractivity contribution in [3.8, 4) is 0 Å². The number of anilines is 1. The molecule has 0 radical (unpaired) electrons. The van der Waals surface area contributed by atoms with E-state index in [1.165, 1.54) is 5.56 Å². The lowest BCUT2D eigenvalue weighted by Gasteiger charge is -2.18. The van der Waals surface area contributed by atoms with Gasteiger partial charge >= 0.3 is 0 Å². The van der Waals surface area contributed by atoms with Gasteiger partial charge in [0.05, 0.1) is 0 Å². The zero-order valence-electron chi connectivity index (χ0n) is 10.8. The topological polar surface area (TPSA) is 52.0 Å². The number of hydrogen-bond donors (Lipinski definition) is 2. The van der Waals surface area contributed by atoms with E-state index in [1.54, 1.807) is 0 Å². The minimum atomic E-state index is 0.0544. The van der Waals surface area contributed by atoms with Crippen LogP contribution in [0.2, 0.25) is 0 Å². The maximum absolute atomic E-state index is 6.19. The number of nitrogens with two attached hydrogens (primary N) is 2. The summed E-state index contributed by atoms with van der Waals surface area (Å²) in [4.78, 5) is 0. The zero-order chi connectivity index (χ0) is 12.3. The van der Waals surface area contributed by atoms with Crippen molar-refractivity contribution in [3.63, 3.8) is 0 Å². The standard InChI is InChI=1S/C14H24N2/c1-9(2)7-14(16)12-8-11(10(3)4)5-6-13(12)15/h5-6,8-10,14H,7,15-16H2,1-4H3. The molecule has 2 heteroatoms. The average Bonchev–Trinajstić information content (AvgIpc) is 2.16. The molecule has 0 aliphatic carbocycles. The summed E-state index contributed by atoms with van der Waals surface area (Å²) >= 11 is 0. The second-order valence-electron chi connectivity index (χ2n) is 5.28. The van der Waals surface area contributed by atoms with Crippen LogP contribution in [-0.4, -0.2) is 0 Å². The molecule has 0 aliphatic heterocycles. The van der Waals surface area contributed by atoms with E-state index < -0.39 is 0 Å². The van der Waals surface area contributed by atoms with Gasteiger partial charge in [0, 0.05) is 11.7 Å². The van der Waals surface area contributed by atoms with E-state index in [2.05, 4.69) is 39.8 Å². The molecule has 0 saturated heterocycles. The highest BCUT2D eigenvalue weighted by atomic mass is 14.7. The summed E-state index contributed by atoms with van der Waals surface area (Å²) < 4.78 is 0. The molecule has 4 N–H and O–H groups in total. The Morgan fingerprint density at radius 2 is 1.75 bits per heavy atom. The fourth-order valence-corrected chi connectivity index (χ4v) is 1.91. The van der Waals surface area contributed by atoms with Crippen molar-refractivity contribution in [2.24, 2.45) is 11.7 Å². The lowest BCUT2D eigenvalue weighted by molar-refractivity contribution is 0.510. The van der Waals surface area contributed by atoms with Crippen LogP contribution >= 0.6 is 0 Å². The summed E-state index contributed by atoms with van der Waals surface area (Å²) in [6, 6.07) is 6.28. The van der Waals surface area contributed by atoms with Crippen LogP contribution in [0.4, 0.5) is 5.69 Å². The molecule has 0 saturated carbocycles. The molecule has 1 unspecified atom stereocenters. The molecule has 1 atom stereocenters. The molecule has 2 nitrogen and oxygen atoms in total. The number of benzene rings is 1. The van der Waals surface area contributed by atoms with Crippen LogP contribution in [0.15, 0.2) is 18.2 Å². The van der Waals surface area contributed by atoms with Crippen LogP contribution in [0, 0.1) is 5.92 Å². The van der Waals surface area contributed by atoms with E-state index in [-0.39, 0.29) is 6.04 Å². The lowest BCUT2D eigenvalue weighted by Crippen LogP contribution is -2.15. The van der Waals surface area contributed by atoms with E-state index in [0.29, 0.717) is 11.8 Å². The summed E-state index contributed by atoms with van der Waals surface area (Å²) in [6.45, 7) is 8.73. The Morgan fingerprint density at radius 1 is 1.12 bits per heavy atom. The van der Waals surface area contributed by atoms with Crippen LogP contribution in [0.3, 0.4) is 0 Å². The fraction of sp³-hybridized carbons (Fsp3) is 0.571. The first-order chi connectivity index (χ1) is 7.41. The van der Waals surface area contributed by atoms with Gasteiger partial charge in [0.25, 0.3) is 0 Å². The van der Waals surface area contributed by atoms with Crippen molar-refractivity contribution >= 4 is 5.69 Å². The third-order valence-electron chi connectivity index (χ3n) is 2.90. The first kappa shape index (κ1) is 13.0. The first-order valence-electron chi connectivity index (χ1n) is 6.06. The molecule has 0 bridgehead atoms. The Labute approximate surface area is 99.0 Å². The lowest BCUT2D eigenvalue weighted by atomic mass is 9.92. The van der Waals surface area contributed by atoms with E-state index in [9.17, 15) is 0 Å². The Morgan fingerprint density at radius 3 is 2.25 bits per heavy atom. The van der Waals surface area contributed by atoms with E-state index >= 15 is 0 Å². The second kappa shape index (κ2) is 5.35. The van der Waals surface area contributed by atoms with Crippen molar-refractivity contribution in [1.82, 2.24) is 0 Å². The maximum Gasteiger partial charge on any atom is 0.0362 e. The number of rotatable bonds is 4. The van der Waals surface area contributed by atoms with Gasteiger partial charge in [-0.1, -0.05) is 39.8 Å². The van der Waals surface area contributed by atoms with Gasteiger partial charge in [-0.3, -0.25) is 0 Å². The minimum absolute atomic E-state index is 0.0544. The third kappa shape index (κ3) is 3.24. The molecule has 0 spiro atoms. The van der Waals surface area contributed by atoms with Crippen molar-refractivity contribution < 1.29 is 0 Å². The highest BCUT2D eigenvalue weighted by Gasteiger charge is 2.12. The van der Waals surface area contributed by atoms with E-state index in [1.807, 2.05) is 6.07 Å². The SMILES string of the molecule is CC(C)CC(N)c1cc(C(C)C)ccc1N. The summed E-state index contributed by atoms with van der Waals surface area (Å²) in [5, 5.41) is 0. The molecule has 1 rings (SSSR count).